The molecule has 2 rings (SSSR count). The summed E-state index contributed by atoms with van der Waals surface area (Å²) >= 11 is 1.74. The van der Waals surface area contributed by atoms with Crippen molar-refractivity contribution in [2.75, 3.05) is 19.8 Å². The minimum absolute atomic E-state index is 0.0819. The van der Waals surface area contributed by atoms with Crippen LogP contribution in [0.3, 0.4) is 0 Å². The summed E-state index contributed by atoms with van der Waals surface area (Å²) in [7, 11) is 0. The van der Waals surface area contributed by atoms with E-state index in [1.807, 2.05) is 6.07 Å². The zero-order valence-corrected chi connectivity index (χ0v) is 12.4. The number of hydrogen-bond donors (Lipinski definition) is 2. The maximum Gasteiger partial charge on any atom is 0.170 e. The largest absolute Gasteiger partial charge is 0.491 e. The van der Waals surface area contributed by atoms with Gasteiger partial charge in [0.05, 0.1) is 13.2 Å². The molecule has 1 aromatic carbocycles. The van der Waals surface area contributed by atoms with E-state index in [4.69, 9.17) is 20.4 Å². The van der Waals surface area contributed by atoms with Crippen molar-refractivity contribution in [3.63, 3.8) is 0 Å². The number of hydrogen-bond acceptors (Lipinski definition) is 5. The second kappa shape index (κ2) is 8.28. The molecule has 0 spiro atoms. The normalized spacial score (nSPS) is 11.5. The van der Waals surface area contributed by atoms with E-state index in [-0.39, 0.29) is 5.84 Å². The van der Waals surface area contributed by atoms with E-state index in [9.17, 15) is 0 Å². The first-order valence-electron chi connectivity index (χ1n) is 6.60. The van der Waals surface area contributed by atoms with Gasteiger partial charge in [0.25, 0.3) is 0 Å². The van der Waals surface area contributed by atoms with E-state index >= 15 is 0 Å². The number of amidine groups is 1. The fraction of sp³-hybridized carbons (Fsp3) is 0.267. The predicted octanol–water partition coefficient (Wildman–Crippen LogP) is 2.48. The maximum atomic E-state index is 8.57. The fourth-order valence-corrected chi connectivity index (χ4v) is 2.42. The molecule has 0 saturated carbocycles. The van der Waals surface area contributed by atoms with Gasteiger partial charge in [-0.1, -0.05) is 11.2 Å². The molecule has 6 heteroatoms. The van der Waals surface area contributed by atoms with Crippen molar-refractivity contribution in [1.82, 2.24) is 0 Å². The molecule has 5 nitrogen and oxygen atoms in total. The van der Waals surface area contributed by atoms with Crippen LogP contribution in [0.15, 0.2) is 46.9 Å². The summed E-state index contributed by atoms with van der Waals surface area (Å²) in [5, 5.41) is 13.6. The molecule has 0 aliphatic rings. The van der Waals surface area contributed by atoms with Gasteiger partial charge in [-0.15, -0.1) is 11.3 Å². The first-order chi connectivity index (χ1) is 10.3. The number of nitrogens with zero attached hydrogens (tertiary/aromatic N) is 1. The first-order valence-corrected chi connectivity index (χ1v) is 7.48. The SMILES string of the molecule is NC(=NO)c1ccc(OCCOCCc2cccs2)cc1. The van der Waals surface area contributed by atoms with Crippen LogP contribution in [0.5, 0.6) is 5.75 Å². The number of benzene rings is 1. The Morgan fingerprint density at radius 1 is 1.14 bits per heavy atom. The molecule has 3 N–H and O–H groups in total. The van der Waals surface area contributed by atoms with Crippen molar-refractivity contribution in [2.24, 2.45) is 10.9 Å². The quantitative estimate of drug-likeness (QED) is 0.258. The minimum Gasteiger partial charge on any atom is -0.491 e. The second-order valence-corrected chi connectivity index (χ2v) is 5.33. The summed E-state index contributed by atoms with van der Waals surface area (Å²) in [6, 6.07) is 11.2. The van der Waals surface area contributed by atoms with Gasteiger partial charge in [0.1, 0.15) is 12.4 Å². The second-order valence-electron chi connectivity index (χ2n) is 4.30. The molecule has 0 radical (unpaired) electrons. The number of thiophene rings is 1. The smallest absolute Gasteiger partial charge is 0.170 e. The Kier molecular flexibility index (Phi) is 6.05. The predicted molar refractivity (Wildman–Crippen MR) is 83.3 cm³/mol. The van der Waals surface area contributed by atoms with Crippen molar-refractivity contribution >= 4 is 17.2 Å². The van der Waals surface area contributed by atoms with Crippen LogP contribution in [0.4, 0.5) is 0 Å². The topological polar surface area (TPSA) is 77.1 Å². The highest BCUT2D eigenvalue weighted by atomic mass is 32.1. The summed E-state index contributed by atoms with van der Waals surface area (Å²) in [5.74, 6) is 0.810. The molecular formula is C15H18N2O3S. The van der Waals surface area contributed by atoms with Gasteiger partial charge in [-0.2, -0.15) is 0 Å². The van der Waals surface area contributed by atoms with Gasteiger partial charge in [0.2, 0.25) is 0 Å². The molecule has 2 aromatic rings. The van der Waals surface area contributed by atoms with E-state index in [2.05, 4.69) is 16.6 Å². The Bertz CT molecular complexity index is 553. The van der Waals surface area contributed by atoms with Crippen LogP contribution in [0.1, 0.15) is 10.4 Å². The van der Waals surface area contributed by atoms with Crippen LogP contribution in [0, 0.1) is 0 Å². The van der Waals surface area contributed by atoms with E-state index in [1.165, 1.54) is 4.88 Å². The van der Waals surface area contributed by atoms with Crippen LogP contribution in [0.25, 0.3) is 0 Å². The van der Waals surface area contributed by atoms with Crippen molar-refractivity contribution in [3.8, 4) is 5.75 Å². The van der Waals surface area contributed by atoms with E-state index < -0.39 is 0 Å². The first kappa shape index (κ1) is 15.3. The lowest BCUT2D eigenvalue weighted by molar-refractivity contribution is 0.103. The van der Waals surface area contributed by atoms with Crippen molar-refractivity contribution in [1.29, 1.82) is 0 Å². The average Bonchev–Trinajstić information content (AvgIpc) is 3.04. The van der Waals surface area contributed by atoms with Crippen molar-refractivity contribution < 1.29 is 14.7 Å². The standard InChI is InChI=1S/C15H18N2O3S/c16-15(17-18)12-3-5-13(6-4-12)20-10-9-19-8-7-14-2-1-11-21-14/h1-6,11,18H,7-10H2,(H2,16,17). The van der Waals surface area contributed by atoms with E-state index in [0.717, 1.165) is 12.2 Å². The number of ether oxygens (including phenoxy) is 2. The summed E-state index contributed by atoms with van der Waals surface area (Å²) in [4.78, 5) is 1.33. The lowest BCUT2D eigenvalue weighted by Gasteiger charge is -2.07. The monoisotopic (exact) mass is 306 g/mol. The minimum atomic E-state index is 0.0819. The number of oxime groups is 1. The zero-order chi connectivity index (χ0) is 14.9. The van der Waals surface area contributed by atoms with Gasteiger partial charge < -0.3 is 20.4 Å². The van der Waals surface area contributed by atoms with Gasteiger partial charge in [-0.05, 0) is 35.7 Å². The Balaban J connectivity index is 1.62. The van der Waals surface area contributed by atoms with Gasteiger partial charge >= 0.3 is 0 Å². The van der Waals surface area contributed by atoms with E-state index in [1.54, 1.807) is 35.6 Å². The van der Waals surface area contributed by atoms with Crippen LogP contribution in [-0.2, 0) is 11.2 Å². The third-order valence-corrected chi connectivity index (χ3v) is 3.76. The maximum absolute atomic E-state index is 8.57. The molecule has 0 aliphatic carbocycles. The van der Waals surface area contributed by atoms with Crippen LogP contribution >= 0.6 is 11.3 Å². The Morgan fingerprint density at radius 3 is 2.62 bits per heavy atom. The molecule has 0 amide bonds. The summed E-state index contributed by atoms with van der Waals surface area (Å²) < 4.78 is 11.1. The van der Waals surface area contributed by atoms with Gasteiger partial charge in [-0.25, -0.2) is 0 Å². The molecule has 0 unspecified atom stereocenters. The number of rotatable bonds is 8. The highest BCUT2D eigenvalue weighted by molar-refractivity contribution is 7.09. The molecule has 0 fully saturated rings. The molecular weight excluding hydrogens is 288 g/mol. The molecule has 0 saturated heterocycles. The molecule has 1 aromatic heterocycles. The highest BCUT2D eigenvalue weighted by Gasteiger charge is 2.00. The Hall–Kier alpha value is -2.05. The van der Waals surface area contributed by atoms with Crippen LogP contribution in [0.2, 0.25) is 0 Å². The van der Waals surface area contributed by atoms with Crippen molar-refractivity contribution in [3.05, 3.63) is 52.2 Å². The van der Waals surface area contributed by atoms with Gasteiger partial charge in [0, 0.05) is 16.9 Å². The van der Waals surface area contributed by atoms with Gasteiger partial charge in [-0.3, -0.25) is 0 Å². The van der Waals surface area contributed by atoms with Crippen LogP contribution < -0.4 is 10.5 Å². The molecule has 21 heavy (non-hydrogen) atoms. The van der Waals surface area contributed by atoms with Gasteiger partial charge in [0.15, 0.2) is 5.84 Å². The van der Waals surface area contributed by atoms with Crippen LogP contribution in [-0.4, -0.2) is 30.9 Å². The highest BCUT2D eigenvalue weighted by Crippen LogP contribution is 2.12. The number of nitrogens with two attached hydrogens (primary N) is 1. The average molecular weight is 306 g/mol. The third kappa shape index (κ3) is 5.09. The lowest BCUT2D eigenvalue weighted by Crippen LogP contribution is -2.13. The molecule has 0 aliphatic heterocycles. The summed E-state index contributed by atoms with van der Waals surface area (Å²) in [6.07, 6.45) is 0.937. The molecule has 1 heterocycles. The lowest BCUT2D eigenvalue weighted by atomic mass is 10.2. The zero-order valence-electron chi connectivity index (χ0n) is 11.6. The Morgan fingerprint density at radius 2 is 1.95 bits per heavy atom. The third-order valence-electron chi connectivity index (χ3n) is 2.83. The summed E-state index contributed by atoms with van der Waals surface area (Å²) in [5.41, 5.74) is 6.13. The molecule has 112 valence electrons. The van der Waals surface area contributed by atoms with Crippen molar-refractivity contribution in [2.45, 2.75) is 6.42 Å². The Labute approximate surface area is 127 Å². The van der Waals surface area contributed by atoms with E-state index in [0.29, 0.717) is 25.4 Å². The molecule has 0 bridgehead atoms. The summed E-state index contributed by atoms with van der Waals surface area (Å²) in [6.45, 7) is 1.74. The molecule has 0 atom stereocenters. The fourth-order valence-electron chi connectivity index (χ4n) is 1.73.